The second kappa shape index (κ2) is 7.41. The number of carbonyl (C=O) groups excluding carboxylic acids is 1. The van der Waals surface area contributed by atoms with E-state index >= 15 is 0 Å². The number of fused-ring (bicyclic) bond motifs is 1. The smallest absolute Gasteiger partial charge is 0.258 e. The fourth-order valence-electron chi connectivity index (χ4n) is 3.45. The van der Waals surface area contributed by atoms with Gasteiger partial charge in [-0.25, -0.2) is 4.98 Å². The van der Waals surface area contributed by atoms with Gasteiger partial charge in [0.05, 0.1) is 17.7 Å². The summed E-state index contributed by atoms with van der Waals surface area (Å²) in [6.45, 7) is 0. The van der Waals surface area contributed by atoms with Crippen LogP contribution in [-0.2, 0) is 12.8 Å². The first kappa shape index (κ1) is 17.6. The van der Waals surface area contributed by atoms with Crippen molar-refractivity contribution in [1.82, 2.24) is 4.98 Å². The molecule has 4 nitrogen and oxygen atoms in total. The molecule has 0 aliphatic heterocycles. The van der Waals surface area contributed by atoms with E-state index in [2.05, 4.69) is 22.4 Å². The average Bonchev–Trinajstić information content (AvgIpc) is 3.15. The number of hydrogen-bond acceptors (Lipinski definition) is 3. The lowest BCUT2D eigenvalue weighted by Crippen LogP contribution is -2.13. The Balaban J connectivity index is 1.58. The van der Waals surface area contributed by atoms with E-state index in [1.807, 2.05) is 6.07 Å². The van der Waals surface area contributed by atoms with Crippen LogP contribution >= 0.6 is 11.6 Å². The van der Waals surface area contributed by atoms with E-state index in [9.17, 15) is 4.79 Å². The molecule has 1 aliphatic carbocycles. The van der Waals surface area contributed by atoms with Crippen LogP contribution in [0.25, 0.3) is 11.1 Å². The molecule has 27 heavy (non-hydrogen) atoms. The molecule has 1 heterocycles. The van der Waals surface area contributed by atoms with Crippen molar-refractivity contribution in [1.29, 1.82) is 0 Å². The molecule has 0 fully saturated rings. The van der Waals surface area contributed by atoms with Gasteiger partial charge in [-0.15, -0.1) is 0 Å². The third kappa shape index (κ3) is 3.53. The van der Waals surface area contributed by atoms with Crippen LogP contribution < -0.4 is 10.1 Å². The number of ether oxygens (including phenoxy) is 1. The zero-order chi connectivity index (χ0) is 18.8. The Morgan fingerprint density at radius 2 is 1.89 bits per heavy atom. The Kier molecular flexibility index (Phi) is 4.82. The number of amides is 1. The highest BCUT2D eigenvalue weighted by Gasteiger charge is 2.17. The van der Waals surface area contributed by atoms with Gasteiger partial charge in [-0.05, 0) is 66.8 Å². The summed E-state index contributed by atoms with van der Waals surface area (Å²) in [5, 5.41) is 3.19. The van der Waals surface area contributed by atoms with Crippen LogP contribution in [0.3, 0.4) is 0 Å². The monoisotopic (exact) mass is 378 g/mol. The second-order valence-electron chi connectivity index (χ2n) is 6.54. The normalized spacial score (nSPS) is 12.5. The highest BCUT2D eigenvalue weighted by Crippen LogP contribution is 2.36. The van der Waals surface area contributed by atoms with Gasteiger partial charge in [-0.3, -0.25) is 4.79 Å². The molecule has 3 aromatic rings. The van der Waals surface area contributed by atoms with E-state index in [0.717, 1.165) is 29.7 Å². The predicted octanol–water partition coefficient (Wildman–Crippen LogP) is 5.15. The van der Waals surface area contributed by atoms with Crippen molar-refractivity contribution in [3.8, 4) is 16.9 Å². The zero-order valence-corrected chi connectivity index (χ0v) is 15.7. The predicted molar refractivity (Wildman–Crippen MR) is 108 cm³/mol. The highest BCUT2D eigenvalue weighted by molar-refractivity contribution is 6.34. The van der Waals surface area contributed by atoms with Gasteiger partial charge in [0.2, 0.25) is 0 Å². The van der Waals surface area contributed by atoms with E-state index in [-0.39, 0.29) is 5.91 Å². The molecule has 4 rings (SSSR count). The number of rotatable bonds is 4. The number of anilines is 1. The first-order valence-corrected chi connectivity index (χ1v) is 9.25. The van der Waals surface area contributed by atoms with Gasteiger partial charge in [0, 0.05) is 17.3 Å². The number of aromatic nitrogens is 1. The zero-order valence-electron chi connectivity index (χ0n) is 15.0. The number of aryl methyl sites for hydroxylation is 2. The summed E-state index contributed by atoms with van der Waals surface area (Å²) >= 11 is 6.08. The number of benzene rings is 2. The quantitative estimate of drug-likeness (QED) is 0.682. The number of hydrogen-bond donors (Lipinski definition) is 1. The summed E-state index contributed by atoms with van der Waals surface area (Å²) in [5.41, 5.74) is 5.14. The van der Waals surface area contributed by atoms with Gasteiger partial charge < -0.3 is 10.1 Å². The van der Waals surface area contributed by atoms with Crippen LogP contribution in [0.15, 0.2) is 54.7 Å². The van der Waals surface area contributed by atoms with E-state index in [1.54, 1.807) is 43.6 Å². The molecule has 0 spiro atoms. The Labute approximate surface area is 163 Å². The van der Waals surface area contributed by atoms with Crippen molar-refractivity contribution in [2.45, 2.75) is 19.3 Å². The van der Waals surface area contributed by atoms with Crippen LogP contribution in [0.5, 0.6) is 5.75 Å². The van der Waals surface area contributed by atoms with Gasteiger partial charge in [0.15, 0.2) is 0 Å². The van der Waals surface area contributed by atoms with E-state index in [1.165, 1.54) is 17.5 Å². The van der Waals surface area contributed by atoms with Gasteiger partial charge in [-0.1, -0.05) is 23.7 Å². The maximum absolute atomic E-state index is 12.4. The molecule has 1 amide bonds. The Morgan fingerprint density at radius 1 is 1.11 bits per heavy atom. The molecule has 0 saturated heterocycles. The second-order valence-corrected chi connectivity index (χ2v) is 6.95. The van der Waals surface area contributed by atoms with Crippen molar-refractivity contribution in [3.63, 3.8) is 0 Å². The van der Waals surface area contributed by atoms with Crippen molar-refractivity contribution < 1.29 is 9.53 Å². The summed E-state index contributed by atoms with van der Waals surface area (Å²) < 4.78 is 5.58. The number of halogens is 1. The van der Waals surface area contributed by atoms with Crippen molar-refractivity contribution in [3.05, 3.63) is 76.4 Å². The summed E-state index contributed by atoms with van der Waals surface area (Å²) in [5.74, 6) is 1.05. The largest absolute Gasteiger partial charge is 0.496 e. The van der Waals surface area contributed by atoms with Gasteiger partial charge >= 0.3 is 0 Å². The molecule has 0 unspecified atom stereocenters. The van der Waals surface area contributed by atoms with E-state index in [4.69, 9.17) is 16.3 Å². The van der Waals surface area contributed by atoms with Crippen LogP contribution in [0, 0.1) is 0 Å². The SMILES string of the molecule is COc1cc2c(cc1-c1ccc(NC(=O)c3ccccc3Cl)nc1)CCC2. The lowest BCUT2D eigenvalue weighted by Gasteiger charge is -2.12. The third-order valence-electron chi connectivity index (χ3n) is 4.85. The number of nitrogens with zero attached hydrogens (tertiary/aromatic N) is 1. The molecule has 2 aromatic carbocycles. The number of pyridine rings is 1. The van der Waals surface area contributed by atoms with Crippen molar-refractivity contribution in [2.24, 2.45) is 0 Å². The molecule has 136 valence electrons. The van der Waals surface area contributed by atoms with Crippen LogP contribution in [0.1, 0.15) is 27.9 Å². The number of nitrogens with one attached hydrogen (secondary N) is 1. The summed E-state index contributed by atoms with van der Waals surface area (Å²) in [6.07, 6.45) is 5.15. The minimum absolute atomic E-state index is 0.282. The first-order chi connectivity index (χ1) is 13.2. The van der Waals surface area contributed by atoms with Gasteiger partial charge in [-0.2, -0.15) is 0 Å². The minimum atomic E-state index is -0.282. The molecular weight excluding hydrogens is 360 g/mol. The number of methoxy groups -OCH3 is 1. The Bertz CT molecular complexity index is 1000. The highest BCUT2D eigenvalue weighted by atomic mass is 35.5. The Hall–Kier alpha value is -2.85. The van der Waals surface area contributed by atoms with Gasteiger partial charge in [0.25, 0.3) is 5.91 Å². The topological polar surface area (TPSA) is 51.2 Å². The molecule has 1 aromatic heterocycles. The van der Waals surface area contributed by atoms with Crippen LogP contribution in [0.2, 0.25) is 5.02 Å². The minimum Gasteiger partial charge on any atom is -0.496 e. The Morgan fingerprint density at radius 3 is 2.59 bits per heavy atom. The van der Waals surface area contributed by atoms with Crippen molar-refractivity contribution >= 4 is 23.3 Å². The summed E-state index contributed by atoms with van der Waals surface area (Å²) in [7, 11) is 1.69. The van der Waals surface area contributed by atoms with Crippen LogP contribution in [0.4, 0.5) is 5.82 Å². The molecule has 0 bridgehead atoms. The van der Waals surface area contributed by atoms with E-state index in [0.29, 0.717) is 16.4 Å². The molecule has 1 aliphatic rings. The third-order valence-corrected chi connectivity index (χ3v) is 5.18. The average molecular weight is 379 g/mol. The molecule has 5 heteroatoms. The standard InChI is InChI=1S/C22H19ClN2O2/c1-27-20-12-15-6-4-5-14(15)11-18(20)16-9-10-21(24-13-16)25-22(26)17-7-2-3-8-19(17)23/h2-3,7-13H,4-6H2,1H3,(H,24,25,26). The molecule has 1 N–H and O–H groups in total. The number of carbonyl (C=O) groups is 1. The van der Waals surface area contributed by atoms with Crippen LogP contribution in [-0.4, -0.2) is 18.0 Å². The maximum atomic E-state index is 12.4. The first-order valence-electron chi connectivity index (χ1n) is 8.88. The lowest BCUT2D eigenvalue weighted by molar-refractivity contribution is 0.102. The fraction of sp³-hybridized carbons (Fsp3) is 0.182. The van der Waals surface area contributed by atoms with Gasteiger partial charge in [0.1, 0.15) is 11.6 Å². The lowest BCUT2D eigenvalue weighted by atomic mass is 10.0. The molecule has 0 atom stereocenters. The maximum Gasteiger partial charge on any atom is 0.258 e. The van der Waals surface area contributed by atoms with Crippen molar-refractivity contribution in [2.75, 3.05) is 12.4 Å². The molecular formula is C22H19ClN2O2. The summed E-state index contributed by atoms with van der Waals surface area (Å²) in [4.78, 5) is 16.8. The van der Waals surface area contributed by atoms with E-state index < -0.39 is 0 Å². The molecule has 0 saturated carbocycles. The summed E-state index contributed by atoms with van der Waals surface area (Å²) in [6, 6.07) is 15.0. The molecule has 0 radical (unpaired) electrons. The fourth-order valence-corrected chi connectivity index (χ4v) is 3.67.